The van der Waals surface area contributed by atoms with Crippen molar-refractivity contribution in [2.75, 3.05) is 5.32 Å². The van der Waals surface area contributed by atoms with Crippen molar-refractivity contribution in [3.8, 4) is 0 Å². The van der Waals surface area contributed by atoms with E-state index in [0.29, 0.717) is 33.6 Å². The van der Waals surface area contributed by atoms with E-state index in [0.717, 1.165) is 18.2 Å². The van der Waals surface area contributed by atoms with Gasteiger partial charge in [-0.2, -0.15) is 13.2 Å². The Morgan fingerprint density at radius 2 is 1.64 bits per heavy atom. The Labute approximate surface area is 250 Å². The van der Waals surface area contributed by atoms with E-state index >= 15 is 0 Å². The molecule has 0 spiro atoms. The number of carbonyl (C=O) groups is 2. The van der Waals surface area contributed by atoms with Gasteiger partial charge >= 0.3 is 6.18 Å². The fourth-order valence-corrected chi connectivity index (χ4v) is 5.21. The number of halogens is 8. The van der Waals surface area contributed by atoms with Crippen LogP contribution in [0.2, 0.25) is 20.1 Å². The third-order valence-corrected chi connectivity index (χ3v) is 8.14. The van der Waals surface area contributed by atoms with Crippen LogP contribution in [-0.2, 0) is 4.79 Å². The summed E-state index contributed by atoms with van der Waals surface area (Å²) in [5.41, 5.74) is -0.0979. The minimum absolute atomic E-state index is 0.0281. The number of hydrogen-bond donors (Lipinski definition) is 2. The third kappa shape index (κ3) is 7.11. The summed E-state index contributed by atoms with van der Waals surface area (Å²) in [6, 6.07) is 13.4. The second kappa shape index (κ2) is 11.7. The van der Waals surface area contributed by atoms with Crippen LogP contribution in [0.15, 0.2) is 65.1 Å². The number of carbonyl (C=O) groups excluding carboxylic acids is 2. The molecule has 1 fully saturated rings. The highest BCUT2D eigenvalue weighted by molar-refractivity contribution is 9.10. The highest BCUT2D eigenvalue weighted by atomic mass is 79.9. The molecule has 12 heteroatoms. The minimum atomic E-state index is -4.63. The molecule has 0 aliphatic heterocycles. The van der Waals surface area contributed by atoms with E-state index in [9.17, 15) is 22.8 Å². The van der Waals surface area contributed by atoms with Gasteiger partial charge < -0.3 is 10.6 Å². The SMILES string of the molecule is O=C(NC1(C(=O)Nc2cccc(Cl)c2)CC1)c1ccc(C=CC(c2cc(Cl)c(Cl)c(Cl)c2)C(F)(F)F)cc1Br. The molecule has 3 aromatic carbocycles. The molecule has 0 saturated heterocycles. The fourth-order valence-electron chi connectivity index (χ4n) is 3.83. The van der Waals surface area contributed by atoms with Crippen molar-refractivity contribution < 1.29 is 22.8 Å². The van der Waals surface area contributed by atoms with Gasteiger partial charge in [-0.3, -0.25) is 9.59 Å². The van der Waals surface area contributed by atoms with Crippen LogP contribution in [0.1, 0.15) is 40.2 Å². The molecule has 0 bridgehead atoms. The Morgan fingerprint density at radius 1 is 0.974 bits per heavy atom. The summed E-state index contributed by atoms with van der Waals surface area (Å²) in [5, 5.41) is 5.78. The molecule has 4 rings (SSSR count). The van der Waals surface area contributed by atoms with E-state index in [4.69, 9.17) is 46.4 Å². The highest BCUT2D eigenvalue weighted by Crippen LogP contribution is 2.41. The number of benzene rings is 3. The monoisotopic (exact) mass is 678 g/mol. The van der Waals surface area contributed by atoms with E-state index in [1.54, 1.807) is 24.3 Å². The second-order valence-corrected chi connectivity index (χ2v) is 11.4. The summed E-state index contributed by atoms with van der Waals surface area (Å²) in [7, 11) is 0. The number of alkyl halides is 3. The summed E-state index contributed by atoms with van der Waals surface area (Å²) < 4.78 is 41.8. The first kappa shape index (κ1) is 29.7. The Bertz CT molecular complexity index is 1450. The topological polar surface area (TPSA) is 58.2 Å². The van der Waals surface area contributed by atoms with Gasteiger partial charge in [-0.1, -0.05) is 70.7 Å². The highest BCUT2D eigenvalue weighted by Gasteiger charge is 2.51. The summed E-state index contributed by atoms with van der Waals surface area (Å²) in [5.74, 6) is -2.87. The molecule has 3 aromatic rings. The van der Waals surface area contributed by atoms with Crippen molar-refractivity contribution in [1.82, 2.24) is 5.32 Å². The summed E-state index contributed by atoms with van der Waals surface area (Å²) in [6.07, 6.45) is -1.46. The van der Waals surface area contributed by atoms with Gasteiger partial charge in [0.05, 0.1) is 26.5 Å². The molecule has 1 saturated carbocycles. The summed E-state index contributed by atoms with van der Waals surface area (Å²) in [6.45, 7) is 0. The van der Waals surface area contributed by atoms with Gasteiger partial charge in [0.25, 0.3) is 5.91 Å². The maximum Gasteiger partial charge on any atom is 0.399 e. The fraction of sp³-hybridized carbons (Fsp3) is 0.185. The average molecular weight is 681 g/mol. The molecular weight excluding hydrogens is 663 g/mol. The molecule has 39 heavy (non-hydrogen) atoms. The Hall–Kier alpha value is -2.23. The molecule has 2 amide bonds. The van der Waals surface area contributed by atoms with Crippen LogP contribution in [0, 0.1) is 0 Å². The Kier molecular flexibility index (Phi) is 8.93. The molecule has 2 N–H and O–H groups in total. The zero-order valence-electron chi connectivity index (χ0n) is 19.7. The maximum absolute atomic E-state index is 13.8. The smallest absolute Gasteiger partial charge is 0.338 e. The van der Waals surface area contributed by atoms with E-state index in [1.807, 2.05) is 0 Å². The Morgan fingerprint density at radius 3 is 2.21 bits per heavy atom. The molecule has 1 unspecified atom stereocenters. The van der Waals surface area contributed by atoms with E-state index in [2.05, 4.69) is 26.6 Å². The third-order valence-electron chi connectivity index (χ3n) is 6.06. The predicted octanol–water partition coefficient (Wildman–Crippen LogP) is 9.32. The van der Waals surface area contributed by atoms with Crippen molar-refractivity contribution >= 4 is 85.9 Å². The normalized spacial score (nSPS) is 15.2. The van der Waals surface area contributed by atoms with Gasteiger partial charge in [0, 0.05) is 15.2 Å². The zero-order chi connectivity index (χ0) is 28.5. The van der Waals surface area contributed by atoms with Crippen LogP contribution >= 0.6 is 62.3 Å². The maximum atomic E-state index is 13.8. The predicted molar refractivity (Wildman–Crippen MR) is 153 cm³/mol. The van der Waals surface area contributed by atoms with Crippen LogP contribution in [0.4, 0.5) is 18.9 Å². The molecule has 4 nitrogen and oxygen atoms in total. The van der Waals surface area contributed by atoms with Crippen molar-refractivity contribution in [3.63, 3.8) is 0 Å². The summed E-state index contributed by atoms with van der Waals surface area (Å²) in [4.78, 5) is 25.8. The first-order chi connectivity index (χ1) is 18.3. The number of anilines is 1. The lowest BCUT2D eigenvalue weighted by Crippen LogP contribution is -2.46. The lowest BCUT2D eigenvalue weighted by Gasteiger charge is -2.19. The van der Waals surface area contributed by atoms with Crippen LogP contribution in [0.25, 0.3) is 6.08 Å². The molecule has 204 valence electrons. The lowest BCUT2D eigenvalue weighted by atomic mass is 9.97. The molecular formula is C27H18BrCl4F3N2O2. The number of hydrogen-bond acceptors (Lipinski definition) is 2. The van der Waals surface area contributed by atoms with Gasteiger partial charge in [-0.05, 0) is 82.4 Å². The molecule has 0 radical (unpaired) electrons. The van der Waals surface area contributed by atoms with Gasteiger partial charge in [-0.15, -0.1) is 0 Å². The number of rotatable bonds is 7. The second-order valence-electron chi connectivity index (χ2n) is 8.92. The molecule has 1 aliphatic carbocycles. The Balaban J connectivity index is 1.49. The standard InChI is InChI=1S/C27H18BrCl4F3N2O2/c28-20-10-14(5-7-19(27(33,34)35)15-11-21(30)23(32)22(31)12-15)4-6-18(20)24(38)37-26(8-9-26)25(39)36-17-3-1-2-16(29)13-17/h1-7,10-13,19H,8-9H2,(H,36,39)(H,37,38). The van der Waals surface area contributed by atoms with E-state index < -0.39 is 23.5 Å². The van der Waals surface area contributed by atoms with Gasteiger partial charge in [0.2, 0.25) is 5.91 Å². The van der Waals surface area contributed by atoms with Crippen molar-refractivity contribution in [3.05, 3.63) is 102 Å². The number of nitrogens with one attached hydrogen (secondary N) is 2. The van der Waals surface area contributed by atoms with Crippen molar-refractivity contribution in [2.45, 2.75) is 30.5 Å². The van der Waals surface area contributed by atoms with Crippen LogP contribution < -0.4 is 10.6 Å². The van der Waals surface area contributed by atoms with E-state index in [1.165, 1.54) is 24.3 Å². The van der Waals surface area contributed by atoms with Crippen LogP contribution in [-0.4, -0.2) is 23.5 Å². The van der Waals surface area contributed by atoms with Crippen molar-refractivity contribution in [2.24, 2.45) is 0 Å². The zero-order valence-corrected chi connectivity index (χ0v) is 24.3. The summed E-state index contributed by atoms with van der Waals surface area (Å²) >= 11 is 27.0. The van der Waals surface area contributed by atoms with Gasteiger partial charge in [-0.25, -0.2) is 0 Å². The first-order valence-electron chi connectivity index (χ1n) is 11.4. The van der Waals surface area contributed by atoms with Crippen molar-refractivity contribution in [1.29, 1.82) is 0 Å². The molecule has 0 heterocycles. The molecule has 1 atom stereocenters. The number of amides is 2. The largest absolute Gasteiger partial charge is 0.399 e. The first-order valence-corrected chi connectivity index (χ1v) is 13.7. The van der Waals surface area contributed by atoms with E-state index in [-0.39, 0.29) is 32.1 Å². The van der Waals surface area contributed by atoms with Crippen LogP contribution in [0.3, 0.4) is 0 Å². The molecule has 1 aliphatic rings. The van der Waals surface area contributed by atoms with Gasteiger partial charge in [0.15, 0.2) is 0 Å². The minimum Gasteiger partial charge on any atom is -0.338 e. The quantitative estimate of drug-likeness (QED) is 0.245. The van der Waals surface area contributed by atoms with Gasteiger partial charge in [0.1, 0.15) is 5.54 Å². The number of allylic oxidation sites excluding steroid dienone is 1. The average Bonchev–Trinajstić information content (AvgIpc) is 3.62. The lowest BCUT2D eigenvalue weighted by molar-refractivity contribution is -0.139. The van der Waals surface area contributed by atoms with Crippen LogP contribution in [0.5, 0.6) is 0 Å². The molecule has 0 aromatic heterocycles.